The molecule has 8 heteroatoms. The Hall–Kier alpha value is -2.77. The average molecular weight is 347 g/mol. The lowest BCUT2D eigenvalue weighted by Gasteiger charge is -2.12. The molecule has 0 amide bonds. The SMILES string of the molecule is CCNC(=NCc1nc(C)no1)NCCc1ccc(OC)c(OC)c1. The summed E-state index contributed by atoms with van der Waals surface area (Å²) in [6.45, 7) is 5.63. The zero-order valence-corrected chi connectivity index (χ0v) is 15.1. The number of nitrogens with one attached hydrogen (secondary N) is 2. The fourth-order valence-corrected chi connectivity index (χ4v) is 2.25. The Labute approximate surface area is 147 Å². The van der Waals surface area contributed by atoms with Crippen molar-refractivity contribution in [2.45, 2.75) is 26.8 Å². The van der Waals surface area contributed by atoms with Crippen LogP contribution in [0.4, 0.5) is 0 Å². The van der Waals surface area contributed by atoms with Gasteiger partial charge < -0.3 is 24.6 Å². The maximum absolute atomic E-state index is 5.33. The minimum atomic E-state index is 0.340. The molecule has 1 heterocycles. The van der Waals surface area contributed by atoms with Gasteiger partial charge in [-0.15, -0.1) is 0 Å². The van der Waals surface area contributed by atoms with Crippen LogP contribution in [-0.2, 0) is 13.0 Å². The summed E-state index contributed by atoms with van der Waals surface area (Å²) in [6.07, 6.45) is 0.824. The predicted octanol–water partition coefficient (Wildman–Crippen LogP) is 1.69. The van der Waals surface area contributed by atoms with Crippen LogP contribution in [0.2, 0.25) is 0 Å². The van der Waals surface area contributed by atoms with Gasteiger partial charge in [0.1, 0.15) is 6.54 Å². The number of ether oxygens (including phenoxy) is 2. The van der Waals surface area contributed by atoms with Crippen LogP contribution in [0, 0.1) is 6.92 Å². The highest BCUT2D eigenvalue weighted by Crippen LogP contribution is 2.27. The predicted molar refractivity (Wildman–Crippen MR) is 95.1 cm³/mol. The number of methoxy groups -OCH3 is 2. The number of hydrogen-bond acceptors (Lipinski definition) is 6. The number of aliphatic imine (C=N–C) groups is 1. The molecule has 0 aliphatic heterocycles. The van der Waals surface area contributed by atoms with E-state index in [0.717, 1.165) is 36.6 Å². The molecular formula is C17H25N5O3. The third kappa shape index (κ3) is 5.66. The minimum Gasteiger partial charge on any atom is -0.493 e. The van der Waals surface area contributed by atoms with Crippen molar-refractivity contribution < 1.29 is 14.0 Å². The highest BCUT2D eigenvalue weighted by Gasteiger charge is 2.06. The van der Waals surface area contributed by atoms with Crippen molar-refractivity contribution in [3.63, 3.8) is 0 Å². The topological polar surface area (TPSA) is 93.8 Å². The Kier molecular flexibility index (Phi) is 7.06. The van der Waals surface area contributed by atoms with Crippen molar-refractivity contribution in [1.29, 1.82) is 0 Å². The molecule has 25 heavy (non-hydrogen) atoms. The van der Waals surface area contributed by atoms with Gasteiger partial charge in [0.05, 0.1) is 14.2 Å². The number of rotatable bonds is 8. The molecule has 0 bridgehead atoms. The van der Waals surface area contributed by atoms with Crippen LogP contribution < -0.4 is 20.1 Å². The largest absolute Gasteiger partial charge is 0.493 e. The van der Waals surface area contributed by atoms with E-state index in [0.29, 0.717) is 24.2 Å². The van der Waals surface area contributed by atoms with E-state index in [1.165, 1.54) is 0 Å². The molecule has 0 atom stereocenters. The van der Waals surface area contributed by atoms with Gasteiger partial charge in [-0.3, -0.25) is 0 Å². The second-order valence-electron chi connectivity index (χ2n) is 5.30. The molecule has 0 radical (unpaired) electrons. The average Bonchev–Trinajstić information content (AvgIpc) is 3.04. The van der Waals surface area contributed by atoms with E-state index < -0.39 is 0 Å². The van der Waals surface area contributed by atoms with Gasteiger partial charge in [0.15, 0.2) is 23.3 Å². The van der Waals surface area contributed by atoms with E-state index in [2.05, 4.69) is 25.8 Å². The lowest BCUT2D eigenvalue weighted by molar-refractivity contribution is 0.354. The van der Waals surface area contributed by atoms with E-state index in [1.807, 2.05) is 25.1 Å². The molecule has 2 rings (SSSR count). The fourth-order valence-electron chi connectivity index (χ4n) is 2.25. The van der Waals surface area contributed by atoms with E-state index in [4.69, 9.17) is 14.0 Å². The second kappa shape index (κ2) is 9.51. The number of aromatic nitrogens is 2. The first-order valence-corrected chi connectivity index (χ1v) is 8.18. The van der Waals surface area contributed by atoms with Crippen molar-refractivity contribution in [3.8, 4) is 11.5 Å². The first-order valence-electron chi connectivity index (χ1n) is 8.18. The monoisotopic (exact) mass is 347 g/mol. The van der Waals surface area contributed by atoms with Gasteiger partial charge in [-0.2, -0.15) is 4.98 Å². The summed E-state index contributed by atoms with van der Waals surface area (Å²) < 4.78 is 15.6. The Bertz CT molecular complexity index is 699. The molecule has 2 aromatic rings. The smallest absolute Gasteiger partial charge is 0.248 e. The standard InChI is InChI=1S/C17H25N5O3/c1-5-18-17(20-11-16-21-12(2)22-25-16)19-9-8-13-6-7-14(23-3)15(10-13)24-4/h6-7,10H,5,8-9,11H2,1-4H3,(H2,18,19,20). The van der Waals surface area contributed by atoms with Gasteiger partial charge in [0, 0.05) is 13.1 Å². The highest BCUT2D eigenvalue weighted by atomic mass is 16.5. The van der Waals surface area contributed by atoms with Gasteiger partial charge >= 0.3 is 0 Å². The molecule has 0 aliphatic carbocycles. The van der Waals surface area contributed by atoms with Crippen molar-refractivity contribution in [2.24, 2.45) is 4.99 Å². The molecular weight excluding hydrogens is 322 g/mol. The molecule has 1 aromatic carbocycles. The third-order valence-electron chi connectivity index (χ3n) is 3.44. The molecule has 0 fully saturated rings. The molecule has 0 aliphatic rings. The van der Waals surface area contributed by atoms with E-state index >= 15 is 0 Å². The maximum atomic E-state index is 5.33. The zero-order chi connectivity index (χ0) is 18.1. The lowest BCUT2D eigenvalue weighted by atomic mass is 10.1. The van der Waals surface area contributed by atoms with Crippen molar-refractivity contribution in [1.82, 2.24) is 20.8 Å². The quantitative estimate of drug-likeness (QED) is 0.554. The molecule has 8 nitrogen and oxygen atoms in total. The second-order valence-corrected chi connectivity index (χ2v) is 5.30. The lowest BCUT2D eigenvalue weighted by Crippen LogP contribution is -2.38. The summed E-state index contributed by atoms with van der Waals surface area (Å²) in [7, 11) is 3.26. The minimum absolute atomic E-state index is 0.340. The number of hydrogen-bond donors (Lipinski definition) is 2. The van der Waals surface area contributed by atoms with Crippen LogP contribution in [0.1, 0.15) is 24.2 Å². The first kappa shape index (κ1) is 18.6. The van der Waals surface area contributed by atoms with E-state index in [1.54, 1.807) is 21.1 Å². The first-order chi connectivity index (χ1) is 12.2. The van der Waals surface area contributed by atoms with Crippen LogP contribution in [-0.4, -0.2) is 43.4 Å². The van der Waals surface area contributed by atoms with Gasteiger partial charge in [0.25, 0.3) is 0 Å². The van der Waals surface area contributed by atoms with Crippen molar-refractivity contribution in [2.75, 3.05) is 27.3 Å². The molecule has 2 N–H and O–H groups in total. The molecule has 0 saturated heterocycles. The van der Waals surface area contributed by atoms with E-state index in [9.17, 15) is 0 Å². The molecule has 0 spiro atoms. The Balaban J connectivity index is 1.90. The number of guanidine groups is 1. The van der Waals surface area contributed by atoms with Crippen molar-refractivity contribution >= 4 is 5.96 Å². The normalized spacial score (nSPS) is 11.3. The van der Waals surface area contributed by atoms with Gasteiger partial charge in [-0.25, -0.2) is 4.99 Å². The van der Waals surface area contributed by atoms with Crippen molar-refractivity contribution in [3.05, 3.63) is 35.5 Å². The Morgan fingerprint density at radius 2 is 2.00 bits per heavy atom. The maximum Gasteiger partial charge on any atom is 0.248 e. The molecule has 136 valence electrons. The van der Waals surface area contributed by atoms with Crippen LogP contribution in [0.15, 0.2) is 27.7 Å². The Morgan fingerprint density at radius 1 is 1.20 bits per heavy atom. The van der Waals surface area contributed by atoms with Crippen LogP contribution in [0.25, 0.3) is 0 Å². The third-order valence-corrected chi connectivity index (χ3v) is 3.44. The molecule has 0 saturated carbocycles. The summed E-state index contributed by atoms with van der Waals surface area (Å²) in [5.74, 6) is 3.27. The van der Waals surface area contributed by atoms with Gasteiger partial charge in [-0.05, 0) is 38.0 Å². The molecule has 1 aromatic heterocycles. The number of nitrogens with zero attached hydrogens (tertiary/aromatic N) is 3. The molecule has 0 unspecified atom stereocenters. The zero-order valence-electron chi connectivity index (χ0n) is 15.1. The van der Waals surface area contributed by atoms with E-state index in [-0.39, 0.29) is 0 Å². The van der Waals surface area contributed by atoms with Crippen LogP contribution in [0.5, 0.6) is 11.5 Å². The fraction of sp³-hybridized carbons (Fsp3) is 0.471. The van der Waals surface area contributed by atoms with Crippen LogP contribution >= 0.6 is 0 Å². The van der Waals surface area contributed by atoms with Gasteiger partial charge in [0.2, 0.25) is 5.89 Å². The summed E-state index contributed by atoms with van der Waals surface area (Å²) in [5, 5.41) is 10.2. The summed E-state index contributed by atoms with van der Waals surface area (Å²) in [5.41, 5.74) is 1.15. The summed E-state index contributed by atoms with van der Waals surface area (Å²) in [6, 6.07) is 5.91. The van der Waals surface area contributed by atoms with Gasteiger partial charge in [-0.1, -0.05) is 11.2 Å². The summed E-state index contributed by atoms with van der Waals surface area (Å²) >= 11 is 0. The highest BCUT2D eigenvalue weighted by molar-refractivity contribution is 5.79. The number of aryl methyl sites for hydroxylation is 1. The summed E-state index contributed by atoms with van der Waals surface area (Å²) in [4.78, 5) is 8.58. The van der Waals surface area contributed by atoms with Crippen LogP contribution in [0.3, 0.4) is 0 Å². The Morgan fingerprint density at radius 3 is 2.64 bits per heavy atom. The number of benzene rings is 1.